The highest BCUT2D eigenvalue weighted by molar-refractivity contribution is 7.88. The van der Waals surface area contributed by atoms with Crippen LogP contribution in [0.4, 0.5) is 19.0 Å². The number of hydrogen-bond acceptors (Lipinski definition) is 4. The molecule has 1 fully saturated rings. The minimum absolute atomic E-state index is 0.0302. The van der Waals surface area contributed by atoms with Crippen molar-refractivity contribution in [1.82, 2.24) is 9.29 Å². The molecule has 0 atom stereocenters. The fourth-order valence-electron chi connectivity index (χ4n) is 3.01. The van der Waals surface area contributed by atoms with Crippen molar-refractivity contribution >= 4 is 15.8 Å². The topological polar surface area (TPSA) is 62.3 Å². The molecule has 1 aromatic heterocycles. The van der Waals surface area contributed by atoms with Gasteiger partial charge in [0.25, 0.3) is 0 Å². The summed E-state index contributed by atoms with van der Waals surface area (Å²) in [4.78, 5) is 3.80. The zero-order valence-corrected chi connectivity index (χ0v) is 15.3. The minimum atomic E-state index is -4.41. The number of nitrogens with zero attached hydrogens (tertiary/aromatic N) is 2. The van der Waals surface area contributed by atoms with Crippen LogP contribution in [0.2, 0.25) is 0 Å². The van der Waals surface area contributed by atoms with E-state index in [1.807, 2.05) is 6.07 Å². The van der Waals surface area contributed by atoms with Crippen LogP contribution >= 0.6 is 0 Å². The predicted octanol–water partition coefficient (Wildman–Crippen LogP) is 3.51. The van der Waals surface area contributed by atoms with Crippen LogP contribution in [0, 0.1) is 0 Å². The van der Waals surface area contributed by atoms with E-state index in [9.17, 15) is 21.6 Å². The molecular weight excluding hydrogens is 379 g/mol. The molecular formula is C18H20F3N3O2S. The number of benzene rings is 1. The van der Waals surface area contributed by atoms with Gasteiger partial charge < -0.3 is 5.32 Å². The molecule has 1 N–H and O–H groups in total. The molecule has 2 heterocycles. The lowest BCUT2D eigenvalue weighted by Crippen LogP contribution is -2.42. The highest BCUT2D eigenvalue weighted by atomic mass is 32.2. The van der Waals surface area contributed by atoms with E-state index in [0.29, 0.717) is 31.7 Å². The molecule has 5 nitrogen and oxygen atoms in total. The molecule has 27 heavy (non-hydrogen) atoms. The summed E-state index contributed by atoms with van der Waals surface area (Å²) < 4.78 is 64.2. The van der Waals surface area contributed by atoms with Gasteiger partial charge in [-0.15, -0.1) is 0 Å². The van der Waals surface area contributed by atoms with Gasteiger partial charge in [0.2, 0.25) is 10.0 Å². The first-order valence-electron chi connectivity index (χ1n) is 8.55. The monoisotopic (exact) mass is 399 g/mol. The first-order chi connectivity index (χ1) is 12.7. The number of piperidine rings is 1. The van der Waals surface area contributed by atoms with Crippen molar-refractivity contribution in [3.05, 3.63) is 59.8 Å². The van der Waals surface area contributed by atoms with Crippen molar-refractivity contribution in [3.8, 4) is 0 Å². The van der Waals surface area contributed by atoms with Gasteiger partial charge in [-0.25, -0.2) is 17.7 Å². The highest BCUT2D eigenvalue weighted by Gasteiger charge is 2.31. The summed E-state index contributed by atoms with van der Waals surface area (Å²) in [5.41, 5.74) is -0.0541. The number of nitrogens with one attached hydrogen (secondary N) is 1. The first-order valence-corrected chi connectivity index (χ1v) is 10.2. The number of rotatable bonds is 5. The van der Waals surface area contributed by atoms with Gasteiger partial charge in [0.05, 0.1) is 11.3 Å². The number of alkyl halides is 3. The maximum Gasteiger partial charge on any atom is 0.417 e. The van der Waals surface area contributed by atoms with Crippen molar-refractivity contribution in [3.63, 3.8) is 0 Å². The van der Waals surface area contributed by atoms with Gasteiger partial charge in [-0.1, -0.05) is 30.3 Å². The maximum absolute atomic E-state index is 12.6. The Morgan fingerprint density at radius 1 is 1.07 bits per heavy atom. The fourth-order valence-corrected chi connectivity index (χ4v) is 4.57. The average Bonchev–Trinajstić information content (AvgIpc) is 2.62. The Bertz CT molecular complexity index is 848. The molecule has 0 unspecified atom stereocenters. The molecule has 2 aromatic rings. The van der Waals surface area contributed by atoms with Crippen LogP contribution < -0.4 is 5.32 Å². The summed E-state index contributed by atoms with van der Waals surface area (Å²) in [5.74, 6) is 0.320. The van der Waals surface area contributed by atoms with Crippen LogP contribution in [0.3, 0.4) is 0 Å². The number of sulfonamides is 1. The molecule has 1 aromatic carbocycles. The summed E-state index contributed by atoms with van der Waals surface area (Å²) in [6, 6.07) is 11.2. The zero-order valence-electron chi connectivity index (χ0n) is 14.5. The van der Waals surface area contributed by atoms with E-state index in [4.69, 9.17) is 0 Å². The number of hydrogen-bond donors (Lipinski definition) is 1. The number of aromatic nitrogens is 1. The van der Waals surface area contributed by atoms with Crippen LogP contribution in [0.5, 0.6) is 0 Å². The molecule has 0 bridgehead atoms. The lowest BCUT2D eigenvalue weighted by molar-refractivity contribution is -0.137. The van der Waals surface area contributed by atoms with Crippen LogP contribution in [-0.4, -0.2) is 36.8 Å². The second-order valence-electron chi connectivity index (χ2n) is 6.49. The first kappa shape index (κ1) is 19.6. The molecule has 3 rings (SSSR count). The quantitative estimate of drug-likeness (QED) is 0.836. The van der Waals surface area contributed by atoms with E-state index < -0.39 is 21.8 Å². The highest BCUT2D eigenvalue weighted by Crippen LogP contribution is 2.29. The van der Waals surface area contributed by atoms with E-state index in [2.05, 4.69) is 10.3 Å². The van der Waals surface area contributed by atoms with E-state index in [1.165, 1.54) is 10.4 Å². The second kappa shape index (κ2) is 7.85. The lowest BCUT2D eigenvalue weighted by atomic mass is 10.1. The van der Waals surface area contributed by atoms with Gasteiger partial charge in [-0.2, -0.15) is 13.2 Å². The standard InChI is InChI=1S/C18H20F3N3O2S/c19-18(20,21)15-6-7-17(22-12-15)23-16-8-10-24(11-9-16)27(25,26)13-14-4-2-1-3-5-14/h1-7,12,16H,8-11,13H2,(H,22,23). The van der Waals surface area contributed by atoms with Gasteiger partial charge in [0.15, 0.2) is 0 Å². The molecule has 0 saturated carbocycles. The van der Waals surface area contributed by atoms with E-state index in [0.717, 1.165) is 17.8 Å². The van der Waals surface area contributed by atoms with Crippen molar-refractivity contribution in [2.75, 3.05) is 18.4 Å². The van der Waals surface area contributed by atoms with Crippen LogP contribution in [0.1, 0.15) is 24.0 Å². The summed E-state index contributed by atoms with van der Waals surface area (Å²) in [5, 5.41) is 3.08. The van der Waals surface area contributed by atoms with Crippen molar-refractivity contribution < 1.29 is 21.6 Å². The lowest BCUT2D eigenvalue weighted by Gasteiger charge is -2.32. The van der Waals surface area contributed by atoms with Crippen molar-refractivity contribution in [1.29, 1.82) is 0 Å². The normalized spacial score (nSPS) is 17.0. The Balaban J connectivity index is 1.54. The zero-order chi connectivity index (χ0) is 19.5. The van der Waals surface area contributed by atoms with E-state index in [1.54, 1.807) is 24.3 Å². The summed E-state index contributed by atoms with van der Waals surface area (Å²) >= 11 is 0. The molecule has 0 amide bonds. The van der Waals surface area contributed by atoms with Gasteiger partial charge in [-0.3, -0.25) is 0 Å². The molecule has 146 valence electrons. The Kier molecular flexibility index (Phi) is 5.71. The number of halogens is 3. The molecule has 9 heteroatoms. The second-order valence-corrected chi connectivity index (χ2v) is 8.46. The Morgan fingerprint density at radius 3 is 2.30 bits per heavy atom. The van der Waals surface area contributed by atoms with Gasteiger partial charge in [0.1, 0.15) is 5.82 Å². The van der Waals surface area contributed by atoms with E-state index in [-0.39, 0.29) is 11.8 Å². The van der Waals surface area contributed by atoms with Gasteiger partial charge >= 0.3 is 6.18 Å². The third-order valence-electron chi connectivity index (χ3n) is 4.48. The SMILES string of the molecule is O=S(=O)(Cc1ccccc1)N1CCC(Nc2ccc(C(F)(F)F)cn2)CC1. The largest absolute Gasteiger partial charge is 0.417 e. The minimum Gasteiger partial charge on any atom is -0.367 e. The molecule has 1 saturated heterocycles. The Labute approximate surface area is 156 Å². The van der Waals surface area contributed by atoms with Crippen LogP contribution in [0.25, 0.3) is 0 Å². The number of pyridine rings is 1. The third-order valence-corrected chi connectivity index (χ3v) is 6.33. The van der Waals surface area contributed by atoms with Crippen LogP contribution in [0.15, 0.2) is 48.7 Å². The average molecular weight is 399 g/mol. The molecule has 0 aliphatic carbocycles. The Hall–Kier alpha value is -2.13. The molecule has 1 aliphatic heterocycles. The third kappa shape index (κ3) is 5.20. The van der Waals surface area contributed by atoms with Gasteiger partial charge in [-0.05, 0) is 30.5 Å². The molecule has 0 spiro atoms. The summed E-state index contributed by atoms with van der Waals surface area (Å²) in [6.45, 7) is 0.737. The Morgan fingerprint density at radius 2 is 1.74 bits per heavy atom. The van der Waals surface area contributed by atoms with E-state index >= 15 is 0 Å². The maximum atomic E-state index is 12.6. The van der Waals surface area contributed by atoms with Crippen LogP contribution in [-0.2, 0) is 22.0 Å². The summed E-state index contributed by atoms with van der Waals surface area (Å²) in [6.07, 6.45) is -2.49. The number of anilines is 1. The smallest absolute Gasteiger partial charge is 0.367 e. The molecule has 0 radical (unpaired) electrons. The summed E-state index contributed by atoms with van der Waals surface area (Å²) in [7, 11) is -3.39. The fraction of sp³-hybridized carbons (Fsp3) is 0.389. The van der Waals surface area contributed by atoms with Crippen molar-refractivity contribution in [2.24, 2.45) is 0 Å². The molecule has 1 aliphatic rings. The van der Waals surface area contributed by atoms with Crippen molar-refractivity contribution in [2.45, 2.75) is 30.8 Å². The predicted molar refractivity (Wildman–Crippen MR) is 96.5 cm³/mol. The van der Waals surface area contributed by atoms with Gasteiger partial charge in [0, 0.05) is 25.3 Å².